The fraction of sp³-hybridized carbons (Fsp3) is 0.588. The summed E-state index contributed by atoms with van der Waals surface area (Å²) in [4.78, 5) is 12.4. The Bertz CT molecular complexity index is 635. The van der Waals surface area contributed by atoms with Crippen LogP contribution in [0.1, 0.15) is 56.3 Å². The maximum atomic E-state index is 12.3. The maximum Gasteiger partial charge on any atom is 0.251 e. The Kier molecular flexibility index (Phi) is 6.18. The van der Waals surface area contributed by atoms with Gasteiger partial charge in [0, 0.05) is 18.2 Å². The topological polar surface area (TPSA) is 75.3 Å². The molecule has 0 unspecified atom stereocenters. The molecule has 1 saturated carbocycles. The van der Waals surface area contributed by atoms with Crippen LogP contribution in [0.25, 0.3) is 0 Å². The van der Waals surface area contributed by atoms with Gasteiger partial charge in [0.2, 0.25) is 10.0 Å². The molecule has 0 radical (unpaired) electrons. The molecule has 23 heavy (non-hydrogen) atoms. The summed E-state index contributed by atoms with van der Waals surface area (Å²) < 4.78 is 27.2. The third-order valence-electron chi connectivity index (χ3n) is 4.11. The number of sulfonamides is 1. The molecular formula is C17H26N2O3S. The first-order chi connectivity index (χ1) is 10.9. The lowest BCUT2D eigenvalue weighted by atomic mass is 10.1. The Morgan fingerprint density at radius 2 is 1.96 bits per heavy atom. The fourth-order valence-corrected chi connectivity index (χ4v) is 3.80. The van der Waals surface area contributed by atoms with Gasteiger partial charge in [-0.1, -0.05) is 32.8 Å². The quantitative estimate of drug-likeness (QED) is 0.802. The number of amides is 1. The minimum Gasteiger partial charge on any atom is -0.349 e. The molecule has 1 aliphatic carbocycles. The fourth-order valence-electron chi connectivity index (χ4n) is 2.71. The number of nitrogens with one attached hydrogen (secondary N) is 2. The van der Waals surface area contributed by atoms with Crippen molar-refractivity contribution < 1.29 is 13.2 Å². The van der Waals surface area contributed by atoms with Crippen LogP contribution in [-0.4, -0.2) is 26.9 Å². The molecule has 1 aromatic rings. The van der Waals surface area contributed by atoms with Crippen molar-refractivity contribution in [3.05, 3.63) is 29.8 Å². The summed E-state index contributed by atoms with van der Waals surface area (Å²) in [6.45, 7) is 4.49. The minimum absolute atomic E-state index is 0.139. The number of hydrogen-bond donors (Lipinski definition) is 2. The van der Waals surface area contributed by atoms with Gasteiger partial charge in [-0.3, -0.25) is 4.79 Å². The number of benzene rings is 1. The second kappa shape index (κ2) is 7.93. The first-order valence-corrected chi connectivity index (χ1v) is 9.77. The van der Waals surface area contributed by atoms with Crippen LogP contribution < -0.4 is 10.0 Å². The third-order valence-corrected chi connectivity index (χ3v) is 5.57. The Morgan fingerprint density at radius 1 is 1.26 bits per heavy atom. The molecule has 0 spiro atoms. The van der Waals surface area contributed by atoms with Gasteiger partial charge in [-0.05, 0) is 43.4 Å². The Hall–Kier alpha value is -1.40. The molecule has 6 heteroatoms. The standard InChI is InChI=1S/C17H26N2O3S/c1-13(2)10-11-18-23(21,22)16-9-5-6-14(12-16)17(20)19-15-7-3-4-8-15/h5-6,9,12-13,15,18H,3-4,7-8,10-11H2,1-2H3,(H,19,20). The Balaban J connectivity index is 2.04. The zero-order valence-electron chi connectivity index (χ0n) is 13.8. The molecule has 0 saturated heterocycles. The predicted octanol–water partition coefficient (Wildman–Crippen LogP) is 2.68. The first kappa shape index (κ1) is 17.9. The van der Waals surface area contributed by atoms with Crippen LogP contribution in [0.5, 0.6) is 0 Å². The van der Waals surface area contributed by atoms with Gasteiger partial charge in [0.1, 0.15) is 0 Å². The van der Waals surface area contributed by atoms with E-state index in [0.29, 0.717) is 18.0 Å². The minimum atomic E-state index is -3.57. The Labute approximate surface area is 138 Å². The average Bonchev–Trinajstić information content (AvgIpc) is 2.99. The van der Waals surface area contributed by atoms with Gasteiger partial charge in [-0.15, -0.1) is 0 Å². The van der Waals surface area contributed by atoms with Gasteiger partial charge in [0.25, 0.3) is 5.91 Å². The molecule has 2 N–H and O–H groups in total. The van der Waals surface area contributed by atoms with Gasteiger partial charge in [0.05, 0.1) is 4.90 Å². The lowest BCUT2D eigenvalue weighted by Crippen LogP contribution is -2.32. The second-order valence-corrected chi connectivity index (χ2v) is 8.33. The monoisotopic (exact) mass is 338 g/mol. The van der Waals surface area contributed by atoms with Crippen LogP contribution in [0.3, 0.4) is 0 Å². The highest BCUT2D eigenvalue weighted by Gasteiger charge is 2.20. The van der Waals surface area contributed by atoms with Crippen LogP contribution in [0.15, 0.2) is 29.2 Å². The van der Waals surface area contributed by atoms with E-state index in [4.69, 9.17) is 0 Å². The SMILES string of the molecule is CC(C)CCNS(=O)(=O)c1cccc(C(=O)NC2CCCC2)c1. The van der Waals surface area contributed by atoms with Gasteiger partial charge < -0.3 is 5.32 Å². The summed E-state index contributed by atoms with van der Waals surface area (Å²) >= 11 is 0. The molecule has 0 aromatic heterocycles. The second-order valence-electron chi connectivity index (χ2n) is 6.56. The molecule has 1 fully saturated rings. The molecule has 0 heterocycles. The van der Waals surface area contributed by atoms with Crippen LogP contribution in [0.4, 0.5) is 0 Å². The molecule has 1 aliphatic rings. The molecule has 128 valence electrons. The molecule has 5 nitrogen and oxygen atoms in total. The molecule has 0 atom stereocenters. The molecule has 0 aliphatic heterocycles. The van der Waals surface area contributed by atoms with E-state index in [-0.39, 0.29) is 16.8 Å². The van der Waals surface area contributed by atoms with E-state index in [1.807, 2.05) is 13.8 Å². The highest BCUT2D eigenvalue weighted by atomic mass is 32.2. The molecule has 1 aromatic carbocycles. The van der Waals surface area contributed by atoms with Crippen molar-refractivity contribution in [3.8, 4) is 0 Å². The van der Waals surface area contributed by atoms with Gasteiger partial charge in [-0.25, -0.2) is 13.1 Å². The van der Waals surface area contributed by atoms with Crippen molar-refractivity contribution >= 4 is 15.9 Å². The number of rotatable bonds is 7. The summed E-state index contributed by atoms with van der Waals surface area (Å²) in [6.07, 6.45) is 5.06. The van der Waals surface area contributed by atoms with Crippen molar-refractivity contribution in [1.82, 2.24) is 10.0 Å². The van der Waals surface area contributed by atoms with Crippen LogP contribution in [0.2, 0.25) is 0 Å². The molecule has 1 amide bonds. The lowest BCUT2D eigenvalue weighted by Gasteiger charge is -2.13. The molecule has 0 bridgehead atoms. The molecule has 2 rings (SSSR count). The van der Waals surface area contributed by atoms with Crippen LogP contribution in [-0.2, 0) is 10.0 Å². The zero-order chi connectivity index (χ0) is 16.9. The lowest BCUT2D eigenvalue weighted by molar-refractivity contribution is 0.0937. The van der Waals surface area contributed by atoms with E-state index in [1.165, 1.54) is 12.1 Å². The largest absolute Gasteiger partial charge is 0.349 e. The van der Waals surface area contributed by atoms with E-state index >= 15 is 0 Å². The number of hydrogen-bond acceptors (Lipinski definition) is 3. The van der Waals surface area contributed by atoms with Crippen LogP contribution in [0, 0.1) is 5.92 Å². The molecular weight excluding hydrogens is 312 g/mol. The van der Waals surface area contributed by atoms with E-state index in [1.54, 1.807) is 12.1 Å². The highest BCUT2D eigenvalue weighted by Crippen LogP contribution is 2.19. The van der Waals surface area contributed by atoms with Crippen molar-refractivity contribution in [2.75, 3.05) is 6.54 Å². The normalized spacial score (nSPS) is 16.0. The van der Waals surface area contributed by atoms with Gasteiger partial charge >= 0.3 is 0 Å². The van der Waals surface area contributed by atoms with E-state index < -0.39 is 10.0 Å². The zero-order valence-corrected chi connectivity index (χ0v) is 14.7. The van der Waals surface area contributed by atoms with E-state index in [9.17, 15) is 13.2 Å². The van der Waals surface area contributed by atoms with Crippen molar-refractivity contribution in [2.24, 2.45) is 5.92 Å². The average molecular weight is 338 g/mol. The summed E-state index contributed by atoms with van der Waals surface area (Å²) in [6, 6.07) is 6.44. The third kappa shape index (κ3) is 5.32. The first-order valence-electron chi connectivity index (χ1n) is 8.29. The number of carbonyl (C=O) groups excluding carboxylic acids is 1. The summed E-state index contributed by atoms with van der Waals surface area (Å²) in [7, 11) is -3.57. The highest BCUT2D eigenvalue weighted by molar-refractivity contribution is 7.89. The predicted molar refractivity (Wildman–Crippen MR) is 90.8 cm³/mol. The van der Waals surface area contributed by atoms with Crippen molar-refractivity contribution in [3.63, 3.8) is 0 Å². The van der Waals surface area contributed by atoms with Gasteiger partial charge in [0.15, 0.2) is 0 Å². The van der Waals surface area contributed by atoms with E-state index in [0.717, 1.165) is 32.1 Å². The Morgan fingerprint density at radius 3 is 2.61 bits per heavy atom. The van der Waals surface area contributed by atoms with Crippen molar-refractivity contribution in [2.45, 2.75) is 56.9 Å². The van der Waals surface area contributed by atoms with Crippen molar-refractivity contribution in [1.29, 1.82) is 0 Å². The van der Waals surface area contributed by atoms with Gasteiger partial charge in [-0.2, -0.15) is 0 Å². The van der Waals surface area contributed by atoms with Crippen LogP contribution >= 0.6 is 0 Å². The smallest absolute Gasteiger partial charge is 0.251 e. The summed E-state index contributed by atoms with van der Waals surface area (Å²) in [5.41, 5.74) is 0.392. The maximum absolute atomic E-state index is 12.3. The van der Waals surface area contributed by atoms with E-state index in [2.05, 4.69) is 10.0 Å². The number of carbonyl (C=O) groups is 1. The summed E-state index contributed by atoms with van der Waals surface area (Å²) in [5, 5.41) is 2.98. The summed E-state index contributed by atoms with van der Waals surface area (Å²) in [5.74, 6) is 0.234.